The average molecular weight is 312 g/mol. The van der Waals surface area contributed by atoms with Gasteiger partial charge in [-0.15, -0.1) is 0 Å². The Morgan fingerprint density at radius 1 is 1.17 bits per heavy atom. The maximum atomic E-state index is 13.1. The Labute approximate surface area is 131 Å². The van der Waals surface area contributed by atoms with E-state index in [4.69, 9.17) is 0 Å². The molecule has 7 heteroatoms. The maximum absolute atomic E-state index is 13.1. The first-order valence-corrected chi connectivity index (χ1v) is 7.01. The molecule has 0 unspecified atom stereocenters. The summed E-state index contributed by atoms with van der Waals surface area (Å²) in [5, 5.41) is 14.6. The van der Waals surface area contributed by atoms with Crippen LogP contribution in [0.4, 0.5) is 15.9 Å². The second-order valence-corrected chi connectivity index (χ2v) is 4.99. The van der Waals surface area contributed by atoms with Crippen LogP contribution in [-0.4, -0.2) is 21.4 Å². The van der Waals surface area contributed by atoms with E-state index >= 15 is 0 Å². The molecular formula is C16H13FN4O2. The number of rotatable bonds is 5. The van der Waals surface area contributed by atoms with Crippen LogP contribution < -0.4 is 5.32 Å². The quantitative estimate of drug-likeness (QED) is 0.577. The average Bonchev–Trinajstić information content (AvgIpc) is 2.54. The normalized spacial score (nSPS) is 10.7. The van der Waals surface area contributed by atoms with E-state index < -0.39 is 4.92 Å². The van der Waals surface area contributed by atoms with Crippen molar-refractivity contribution in [3.05, 3.63) is 70.3 Å². The molecule has 0 aliphatic carbocycles. The maximum Gasteiger partial charge on any atom is 0.270 e. The fourth-order valence-corrected chi connectivity index (χ4v) is 2.32. The van der Waals surface area contributed by atoms with Gasteiger partial charge in [0.25, 0.3) is 5.69 Å². The highest BCUT2D eigenvalue weighted by molar-refractivity contribution is 5.90. The molecule has 0 aliphatic heterocycles. The molecule has 0 aliphatic rings. The molecule has 0 radical (unpaired) electrons. The summed E-state index contributed by atoms with van der Waals surface area (Å²) in [6.07, 6.45) is 2.01. The van der Waals surface area contributed by atoms with Crippen LogP contribution in [0.3, 0.4) is 0 Å². The van der Waals surface area contributed by atoms with Gasteiger partial charge in [0.15, 0.2) is 0 Å². The van der Waals surface area contributed by atoms with E-state index in [0.29, 0.717) is 29.7 Å². The number of non-ortho nitro benzene ring substituents is 1. The molecule has 0 atom stereocenters. The third kappa shape index (κ3) is 3.39. The van der Waals surface area contributed by atoms with Gasteiger partial charge in [0.05, 0.1) is 10.4 Å². The first kappa shape index (κ1) is 14.8. The molecule has 1 N–H and O–H groups in total. The molecular weight excluding hydrogens is 299 g/mol. The number of nitro benzene ring substituents is 1. The number of nitrogens with one attached hydrogen (secondary N) is 1. The van der Waals surface area contributed by atoms with Gasteiger partial charge in [-0.1, -0.05) is 12.1 Å². The highest BCUT2D eigenvalue weighted by Crippen LogP contribution is 2.24. The highest BCUT2D eigenvalue weighted by Gasteiger charge is 2.10. The largest absolute Gasteiger partial charge is 0.369 e. The SMILES string of the molecule is O=[N+]([O-])c1ccc2ncnc(NCCc3cccc(F)c3)c2c1. The molecule has 1 aromatic heterocycles. The summed E-state index contributed by atoms with van der Waals surface area (Å²) in [7, 11) is 0. The minimum Gasteiger partial charge on any atom is -0.369 e. The zero-order chi connectivity index (χ0) is 16.2. The lowest BCUT2D eigenvalue weighted by molar-refractivity contribution is -0.384. The first-order valence-electron chi connectivity index (χ1n) is 7.01. The first-order chi connectivity index (χ1) is 11.1. The minimum atomic E-state index is -0.455. The monoisotopic (exact) mass is 312 g/mol. The molecule has 0 fully saturated rings. The van der Waals surface area contributed by atoms with Crippen LogP contribution in [0.1, 0.15) is 5.56 Å². The third-order valence-corrected chi connectivity index (χ3v) is 3.42. The van der Waals surface area contributed by atoms with Gasteiger partial charge in [-0.05, 0) is 30.2 Å². The Bertz CT molecular complexity index is 870. The summed E-state index contributed by atoms with van der Waals surface area (Å²) in [4.78, 5) is 18.7. The zero-order valence-electron chi connectivity index (χ0n) is 12.1. The molecule has 0 saturated heterocycles. The molecule has 2 aromatic carbocycles. The summed E-state index contributed by atoms with van der Waals surface area (Å²) in [5.41, 5.74) is 1.47. The van der Waals surface area contributed by atoms with E-state index in [2.05, 4.69) is 15.3 Å². The van der Waals surface area contributed by atoms with Crippen LogP contribution in [0.5, 0.6) is 0 Å². The molecule has 0 bridgehead atoms. The third-order valence-electron chi connectivity index (χ3n) is 3.42. The van der Waals surface area contributed by atoms with Crippen LogP contribution in [0.2, 0.25) is 0 Å². The van der Waals surface area contributed by atoms with E-state index in [9.17, 15) is 14.5 Å². The van der Waals surface area contributed by atoms with Crippen molar-refractivity contribution in [2.24, 2.45) is 0 Å². The molecule has 1 heterocycles. The Morgan fingerprint density at radius 3 is 2.83 bits per heavy atom. The zero-order valence-corrected chi connectivity index (χ0v) is 12.1. The van der Waals surface area contributed by atoms with Crippen LogP contribution in [0.25, 0.3) is 10.9 Å². The van der Waals surface area contributed by atoms with Gasteiger partial charge in [-0.3, -0.25) is 10.1 Å². The number of nitro groups is 1. The van der Waals surface area contributed by atoms with Crippen molar-refractivity contribution in [3.8, 4) is 0 Å². The predicted octanol–water partition coefficient (Wildman–Crippen LogP) is 3.33. The van der Waals surface area contributed by atoms with Gasteiger partial charge >= 0.3 is 0 Å². The van der Waals surface area contributed by atoms with Crippen LogP contribution >= 0.6 is 0 Å². The Morgan fingerprint density at radius 2 is 2.04 bits per heavy atom. The standard InChI is InChI=1S/C16H13FN4O2/c17-12-3-1-2-11(8-12)6-7-18-16-14-9-13(21(22)23)4-5-15(14)19-10-20-16/h1-5,8-10H,6-7H2,(H,18,19,20). The summed E-state index contributed by atoms with van der Waals surface area (Å²) in [5.74, 6) is 0.251. The van der Waals surface area contributed by atoms with E-state index in [0.717, 1.165) is 5.56 Å². The van der Waals surface area contributed by atoms with E-state index in [1.165, 1.54) is 30.6 Å². The Balaban J connectivity index is 1.79. The van der Waals surface area contributed by atoms with E-state index in [1.807, 2.05) is 6.07 Å². The van der Waals surface area contributed by atoms with Crippen molar-refractivity contribution in [3.63, 3.8) is 0 Å². The Kier molecular flexibility index (Phi) is 4.09. The molecule has 3 rings (SSSR count). The molecule has 0 saturated carbocycles. The fourth-order valence-electron chi connectivity index (χ4n) is 2.32. The lowest BCUT2D eigenvalue weighted by atomic mass is 10.1. The van der Waals surface area contributed by atoms with Gasteiger partial charge in [0, 0.05) is 24.1 Å². The Hall–Kier alpha value is -3.09. The van der Waals surface area contributed by atoms with Gasteiger partial charge in [0.2, 0.25) is 0 Å². The highest BCUT2D eigenvalue weighted by atomic mass is 19.1. The number of anilines is 1. The van der Waals surface area contributed by atoms with Crippen molar-refractivity contribution in [1.29, 1.82) is 0 Å². The van der Waals surface area contributed by atoms with E-state index in [1.54, 1.807) is 12.1 Å². The van der Waals surface area contributed by atoms with Gasteiger partial charge in [-0.2, -0.15) is 0 Å². The predicted molar refractivity (Wildman–Crippen MR) is 84.8 cm³/mol. The summed E-state index contributed by atoms with van der Waals surface area (Å²) in [6.45, 7) is 0.526. The van der Waals surface area contributed by atoms with Crippen molar-refractivity contribution in [2.75, 3.05) is 11.9 Å². The molecule has 3 aromatic rings. The topological polar surface area (TPSA) is 81.0 Å². The van der Waals surface area contributed by atoms with Crippen LogP contribution in [0, 0.1) is 15.9 Å². The summed E-state index contributed by atoms with van der Waals surface area (Å²) in [6, 6.07) is 10.8. The van der Waals surface area contributed by atoms with Crippen molar-refractivity contribution in [1.82, 2.24) is 9.97 Å². The van der Waals surface area contributed by atoms with E-state index in [-0.39, 0.29) is 11.5 Å². The van der Waals surface area contributed by atoms with Gasteiger partial charge in [-0.25, -0.2) is 14.4 Å². The lowest BCUT2D eigenvalue weighted by Crippen LogP contribution is -2.07. The van der Waals surface area contributed by atoms with Crippen LogP contribution in [0.15, 0.2) is 48.8 Å². The van der Waals surface area contributed by atoms with Crippen molar-refractivity contribution < 1.29 is 9.31 Å². The summed E-state index contributed by atoms with van der Waals surface area (Å²) < 4.78 is 13.1. The number of fused-ring (bicyclic) bond motifs is 1. The number of nitrogens with zero attached hydrogens (tertiary/aromatic N) is 3. The smallest absolute Gasteiger partial charge is 0.270 e. The van der Waals surface area contributed by atoms with Gasteiger partial charge < -0.3 is 5.32 Å². The number of hydrogen-bond acceptors (Lipinski definition) is 5. The molecule has 23 heavy (non-hydrogen) atoms. The van der Waals surface area contributed by atoms with Crippen molar-refractivity contribution in [2.45, 2.75) is 6.42 Å². The van der Waals surface area contributed by atoms with Crippen LogP contribution in [-0.2, 0) is 6.42 Å². The number of hydrogen-bond donors (Lipinski definition) is 1. The number of benzene rings is 2. The number of aromatic nitrogens is 2. The molecule has 6 nitrogen and oxygen atoms in total. The molecule has 0 spiro atoms. The second kappa shape index (κ2) is 6.35. The van der Waals surface area contributed by atoms with Gasteiger partial charge in [0.1, 0.15) is 18.0 Å². The van der Waals surface area contributed by atoms with Crippen molar-refractivity contribution >= 4 is 22.4 Å². The number of halogens is 1. The molecule has 0 amide bonds. The fraction of sp³-hybridized carbons (Fsp3) is 0.125. The second-order valence-electron chi connectivity index (χ2n) is 4.99. The summed E-state index contributed by atoms with van der Waals surface area (Å²) >= 11 is 0. The minimum absolute atomic E-state index is 0.0134. The molecule has 116 valence electrons. The lowest BCUT2D eigenvalue weighted by Gasteiger charge is -2.08.